The van der Waals surface area contributed by atoms with Crippen molar-refractivity contribution in [3.63, 3.8) is 0 Å². The summed E-state index contributed by atoms with van der Waals surface area (Å²) in [5, 5.41) is 6.59. The summed E-state index contributed by atoms with van der Waals surface area (Å²) in [5.74, 6) is 0.137. The number of likely N-dealkylation sites (tertiary alicyclic amines) is 1. The zero-order valence-corrected chi connectivity index (χ0v) is 23.8. The van der Waals surface area contributed by atoms with E-state index in [2.05, 4.69) is 22.6 Å². The number of hydrogen-bond acceptors (Lipinski definition) is 6. The molecule has 1 atom stereocenters. The van der Waals surface area contributed by atoms with Gasteiger partial charge in [-0.1, -0.05) is 17.4 Å². The Balaban J connectivity index is 0.00000168. The fourth-order valence-corrected chi connectivity index (χ4v) is 6.37. The number of halogens is 3. The van der Waals surface area contributed by atoms with E-state index in [1.165, 1.54) is 11.3 Å². The van der Waals surface area contributed by atoms with Crippen molar-refractivity contribution in [3.05, 3.63) is 53.5 Å². The normalized spacial score (nSPS) is 18.3. The molecule has 2 aliphatic rings. The van der Waals surface area contributed by atoms with Crippen molar-refractivity contribution in [2.75, 3.05) is 33.8 Å². The van der Waals surface area contributed by atoms with E-state index in [9.17, 15) is 4.79 Å². The Morgan fingerprint density at radius 1 is 1.18 bits per heavy atom. The van der Waals surface area contributed by atoms with Crippen molar-refractivity contribution in [2.45, 2.75) is 37.8 Å². The van der Waals surface area contributed by atoms with Gasteiger partial charge in [0.1, 0.15) is 11.6 Å². The quantitative estimate of drug-likeness (QED) is 0.329. The number of piperidine rings is 1. The molecule has 0 radical (unpaired) electrons. The molecule has 0 bridgehead atoms. The summed E-state index contributed by atoms with van der Waals surface area (Å²) in [6.45, 7) is 2.93. The monoisotopic (exact) mass is 579 g/mol. The van der Waals surface area contributed by atoms with Gasteiger partial charge in [0.25, 0.3) is 5.91 Å². The first-order valence-corrected chi connectivity index (χ1v) is 13.3. The summed E-state index contributed by atoms with van der Waals surface area (Å²) < 4.78 is 23.6. The van der Waals surface area contributed by atoms with Gasteiger partial charge in [-0.2, -0.15) is 0 Å². The number of imidazole rings is 1. The number of thiazole rings is 1. The molecule has 2 saturated heterocycles. The number of nitrogens with zero attached hydrogens (tertiary/aromatic N) is 3. The average molecular weight is 581 g/mol. The van der Waals surface area contributed by atoms with Crippen LogP contribution in [-0.4, -0.2) is 60.0 Å². The molecule has 2 aromatic carbocycles. The number of benzene rings is 2. The molecule has 1 amide bonds. The van der Waals surface area contributed by atoms with Crippen LogP contribution < -0.4 is 15.4 Å². The number of methoxy groups -OCH3 is 1. The van der Waals surface area contributed by atoms with Gasteiger partial charge in [-0.3, -0.25) is 9.20 Å². The molecule has 6 rings (SSSR count). The highest BCUT2D eigenvalue weighted by Gasteiger charge is 2.23. The maximum Gasteiger partial charge on any atom is 0.255 e. The van der Waals surface area contributed by atoms with Gasteiger partial charge >= 0.3 is 0 Å². The Morgan fingerprint density at radius 2 is 1.97 bits per heavy atom. The maximum absolute atomic E-state index is 15.1. The Kier molecular flexibility index (Phi) is 8.84. The second-order valence-electron chi connectivity index (χ2n) is 9.84. The van der Waals surface area contributed by atoms with E-state index >= 15 is 4.39 Å². The van der Waals surface area contributed by atoms with Gasteiger partial charge in [-0.05, 0) is 76.1 Å². The molecule has 4 aromatic rings. The number of rotatable bonds is 5. The van der Waals surface area contributed by atoms with Crippen molar-refractivity contribution < 1.29 is 13.9 Å². The lowest BCUT2D eigenvalue weighted by atomic mass is 10.0. The highest BCUT2D eigenvalue weighted by molar-refractivity contribution is 7.23. The predicted molar refractivity (Wildman–Crippen MR) is 155 cm³/mol. The molecule has 7 nitrogen and oxygen atoms in total. The third-order valence-electron chi connectivity index (χ3n) is 7.45. The number of hydrogen-bond donors (Lipinski definition) is 2. The zero-order chi connectivity index (χ0) is 24.8. The number of amides is 1. The molecule has 2 fully saturated rings. The Morgan fingerprint density at radius 3 is 2.66 bits per heavy atom. The van der Waals surface area contributed by atoms with Crippen LogP contribution >= 0.6 is 36.2 Å². The van der Waals surface area contributed by atoms with Gasteiger partial charge in [0.15, 0.2) is 4.96 Å². The molecule has 204 valence electrons. The van der Waals surface area contributed by atoms with Gasteiger partial charge in [-0.15, -0.1) is 24.8 Å². The van der Waals surface area contributed by atoms with Crippen LogP contribution in [0.4, 0.5) is 4.39 Å². The molecule has 2 aliphatic heterocycles. The average Bonchev–Trinajstić information content (AvgIpc) is 3.61. The highest BCUT2D eigenvalue weighted by atomic mass is 35.5. The molecule has 0 aliphatic carbocycles. The first-order chi connectivity index (χ1) is 17.5. The fourth-order valence-electron chi connectivity index (χ4n) is 5.34. The third-order valence-corrected chi connectivity index (χ3v) is 8.46. The SMILES string of the molecule is COc1cc2c(cc1C(=O)NC1CCN(C)CC1)sc1nc(-c3ccc([C@@H]4CCCN4)cc3F)cn12.Cl.Cl. The van der Waals surface area contributed by atoms with Crippen molar-refractivity contribution >= 4 is 57.2 Å². The maximum atomic E-state index is 15.1. The number of ether oxygens (including phenoxy) is 1. The van der Waals surface area contributed by atoms with Gasteiger partial charge < -0.3 is 20.3 Å². The Hall–Kier alpha value is -2.43. The molecule has 11 heteroatoms. The molecule has 2 N–H and O–H groups in total. The number of fused-ring (bicyclic) bond motifs is 3. The van der Waals surface area contributed by atoms with Crippen LogP contribution in [0, 0.1) is 5.82 Å². The second-order valence-corrected chi connectivity index (χ2v) is 10.8. The van der Waals surface area contributed by atoms with Crippen molar-refractivity contribution in [3.8, 4) is 17.0 Å². The zero-order valence-electron chi connectivity index (χ0n) is 21.3. The summed E-state index contributed by atoms with van der Waals surface area (Å²) in [4.78, 5) is 20.8. The molecule has 2 aromatic heterocycles. The molecule has 4 heterocycles. The van der Waals surface area contributed by atoms with Crippen molar-refractivity contribution in [2.24, 2.45) is 0 Å². The van der Waals surface area contributed by atoms with Crippen LogP contribution in [0.3, 0.4) is 0 Å². The minimum atomic E-state index is -0.262. The minimum absolute atomic E-state index is 0. The van der Waals surface area contributed by atoms with E-state index in [4.69, 9.17) is 9.72 Å². The van der Waals surface area contributed by atoms with Gasteiger partial charge in [0, 0.05) is 29.9 Å². The van der Waals surface area contributed by atoms with E-state index in [1.807, 2.05) is 34.9 Å². The lowest BCUT2D eigenvalue weighted by Crippen LogP contribution is -2.43. The van der Waals surface area contributed by atoms with E-state index in [1.54, 1.807) is 13.2 Å². The first kappa shape index (κ1) is 28.6. The van der Waals surface area contributed by atoms with Gasteiger partial charge in [0.2, 0.25) is 0 Å². The van der Waals surface area contributed by atoms with E-state index in [0.717, 1.165) is 66.1 Å². The van der Waals surface area contributed by atoms with Crippen molar-refractivity contribution in [1.82, 2.24) is 24.9 Å². The van der Waals surface area contributed by atoms with Crippen LogP contribution in [0.25, 0.3) is 26.4 Å². The summed E-state index contributed by atoms with van der Waals surface area (Å²) in [6.07, 6.45) is 5.89. The number of nitrogens with one attached hydrogen (secondary N) is 2. The second kappa shape index (κ2) is 11.8. The summed E-state index contributed by atoms with van der Waals surface area (Å²) in [7, 11) is 3.68. The largest absolute Gasteiger partial charge is 0.496 e. The van der Waals surface area contributed by atoms with E-state index < -0.39 is 0 Å². The van der Waals surface area contributed by atoms with Crippen LogP contribution in [-0.2, 0) is 0 Å². The lowest BCUT2D eigenvalue weighted by Gasteiger charge is -2.29. The van der Waals surface area contributed by atoms with E-state index in [0.29, 0.717) is 22.6 Å². The van der Waals surface area contributed by atoms with Gasteiger partial charge in [-0.25, -0.2) is 9.37 Å². The molecule has 38 heavy (non-hydrogen) atoms. The molecule has 0 spiro atoms. The standard InChI is InChI=1S/C27H30FN5O2S.2ClH/c1-32-10-7-17(8-11-32)30-26(34)19-13-25-23(14-24(19)35-2)33-15-22(31-27(33)36-25)18-6-5-16(12-20(18)28)21-4-3-9-29-21;;/h5-6,12-15,17,21,29H,3-4,7-11H2,1-2H3,(H,30,34);2*1H/t21-;;/m0../s1. The highest BCUT2D eigenvalue weighted by Crippen LogP contribution is 2.35. The third kappa shape index (κ3) is 5.35. The van der Waals surface area contributed by atoms with Crippen LogP contribution in [0.2, 0.25) is 0 Å². The number of aromatic nitrogens is 2. The van der Waals surface area contributed by atoms with Crippen LogP contribution in [0.15, 0.2) is 36.5 Å². The summed E-state index contributed by atoms with van der Waals surface area (Å²) in [6, 6.07) is 9.59. The minimum Gasteiger partial charge on any atom is -0.496 e. The molecule has 0 saturated carbocycles. The molecular weight excluding hydrogens is 548 g/mol. The van der Waals surface area contributed by atoms with E-state index in [-0.39, 0.29) is 48.6 Å². The van der Waals surface area contributed by atoms with Crippen molar-refractivity contribution in [1.29, 1.82) is 0 Å². The number of carbonyl (C=O) groups excluding carboxylic acids is 1. The summed E-state index contributed by atoms with van der Waals surface area (Å²) >= 11 is 1.48. The molecule has 0 unspecified atom stereocenters. The number of carbonyl (C=O) groups is 1. The first-order valence-electron chi connectivity index (χ1n) is 12.5. The predicted octanol–water partition coefficient (Wildman–Crippen LogP) is 5.46. The van der Waals surface area contributed by atoms with Crippen LogP contribution in [0.1, 0.15) is 47.6 Å². The summed E-state index contributed by atoms with van der Waals surface area (Å²) in [5.41, 5.74) is 3.47. The topological polar surface area (TPSA) is 70.9 Å². The Bertz CT molecular complexity index is 1440. The molecular formula is C27H32Cl2FN5O2S. The smallest absolute Gasteiger partial charge is 0.255 e. The van der Waals surface area contributed by atoms with Crippen LogP contribution in [0.5, 0.6) is 5.75 Å². The Labute approximate surface area is 237 Å². The fraction of sp³-hybridized carbons (Fsp3) is 0.407. The lowest BCUT2D eigenvalue weighted by molar-refractivity contribution is 0.0914. The van der Waals surface area contributed by atoms with Gasteiger partial charge in [0.05, 0.1) is 28.6 Å².